The van der Waals surface area contributed by atoms with E-state index in [4.69, 9.17) is 14.6 Å². The molecule has 2 atom stereocenters. The summed E-state index contributed by atoms with van der Waals surface area (Å²) >= 11 is 0. The minimum absolute atomic E-state index is 0.118. The van der Waals surface area contributed by atoms with E-state index in [1.807, 2.05) is 6.92 Å². The lowest BCUT2D eigenvalue weighted by atomic mass is 10.0. The van der Waals surface area contributed by atoms with E-state index in [9.17, 15) is 9.59 Å². The van der Waals surface area contributed by atoms with E-state index in [1.165, 1.54) is 0 Å². The maximum Gasteiger partial charge on any atom is 0.320 e. The highest BCUT2D eigenvalue weighted by molar-refractivity contribution is 5.77. The van der Waals surface area contributed by atoms with Crippen molar-refractivity contribution in [1.29, 1.82) is 0 Å². The molecule has 0 aliphatic carbocycles. The number of nitrogens with zero attached hydrogens (tertiary/aromatic N) is 2. The Kier molecular flexibility index (Phi) is 4.60. The lowest BCUT2D eigenvalue weighted by Crippen LogP contribution is -2.54. The first-order valence-corrected chi connectivity index (χ1v) is 6.59. The van der Waals surface area contributed by atoms with Crippen LogP contribution in [0, 0.1) is 5.92 Å². The van der Waals surface area contributed by atoms with Crippen LogP contribution in [0.5, 0.6) is 0 Å². The van der Waals surface area contributed by atoms with E-state index in [-0.39, 0.29) is 18.7 Å². The van der Waals surface area contributed by atoms with Crippen molar-refractivity contribution in [1.82, 2.24) is 9.80 Å². The molecule has 2 aliphatic heterocycles. The summed E-state index contributed by atoms with van der Waals surface area (Å²) in [5.74, 6) is -1.54. The van der Waals surface area contributed by atoms with Crippen LogP contribution in [0.1, 0.15) is 6.92 Å². The van der Waals surface area contributed by atoms with Crippen molar-refractivity contribution >= 4 is 12.0 Å². The van der Waals surface area contributed by atoms with Crippen molar-refractivity contribution in [3.05, 3.63) is 0 Å². The number of carboxylic acids is 1. The van der Waals surface area contributed by atoms with Gasteiger partial charge in [0.1, 0.15) is 5.92 Å². The zero-order valence-electron chi connectivity index (χ0n) is 11.1. The number of ether oxygens (including phenoxy) is 2. The van der Waals surface area contributed by atoms with Gasteiger partial charge in [0.15, 0.2) is 0 Å². The fourth-order valence-electron chi connectivity index (χ4n) is 2.53. The topological polar surface area (TPSA) is 79.3 Å². The summed E-state index contributed by atoms with van der Waals surface area (Å²) in [5, 5.41) is 9.17. The second kappa shape index (κ2) is 6.21. The van der Waals surface area contributed by atoms with Crippen LogP contribution in [0.25, 0.3) is 0 Å². The molecule has 7 nitrogen and oxygen atoms in total. The highest BCUT2D eigenvalue weighted by Crippen LogP contribution is 2.21. The van der Waals surface area contributed by atoms with Crippen LogP contribution in [0.2, 0.25) is 0 Å². The third-order valence-electron chi connectivity index (χ3n) is 3.64. The molecule has 108 valence electrons. The van der Waals surface area contributed by atoms with Gasteiger partial charge in [0.25, 0.3) is 0 Å². The average molecular weight is 272 g/mol. The third-order valence-corrected chi connectivity index (χ3v) is 3.64. The van der Waals surface area contributed by atoms with Gasteiger partial charge in [-0.1, -0.05) is 0 Å². The Morgan fingerprint density at radius 1 is 1.26 bits per heavy atom. The lowest BCUT2D eigenvalue weighted by Gasteiger charge is -2.36. The number of carbonyl (C=O) groups excluding carboxylic acids is 1. The number of carbonyl (C=O) groups is 2. The normalized spacial score (nSPS) is 27.3. The predicted octanol–water partition coefficient (Wildman–Crippen LogP) is -0.140. The van der Waals surface area contributed by atoms with Gasteiger partial charge in [0.2, 0.25) is 0 Å². The monoisotopic (exact) mass is 272 g/mol. The van der Waals surface area contributed by atoms with Crippen LogP contribution in [0.3, 0.4) is 0 Å². The highest BCUT2D eigenvalue weighted by Gasteiger charge is 2.40. The van der Waals surface area contributed by atoms with E-state index in [1.54, 1.807) is 9.80 Å². The molecule has 0 radical (unpaired) electrons. The Hall–Kier alpha value is -1.34. The first-order chi connectivity index (χ1) is 9.15. The molecule has 0 saturated carbocycles. The molecule has 2 aliphatic rings. The van der Waals surface area contributed by atoms with E-state index < -0.39 is 11.9 Å². The average Bonchev–Trinajstić information content (AvgIpc) is 2.90. The summed E-state index contributed by atoms with van der Waals surface area (Å²) in [6, 6.07) is -0.495. The summed E-state index contributed by atoms with van der Waals surface area (Å²) in [7, 11) is 0. The van der Waals surface area contributed by atoms with Gasteiger partial charge in [-0.25, -0.2) is 4.79 Å². The van der Waals surface area contributed by atoms with Crippen LogP contribution in [0.15, 0.2) is 0 Å². The largest absolute Gasteiger partial charge is 0.481 e. The summed E-state index contributed by atoms with van der Waals surface area (Å²) in [6.45, 7) is 4.98. The van der Waals surface area contributed by atoms with Gasteiger partial charge in [-0.05, 0) is 6.92 Å². The van der Waals surface area contributed by atoms with Crippen molar-refractivity contribution in [2.45, 2.75) is 13.0 Å². The molecule has 19 heavy (non-hydrogen) atoms. The van der Waals surface area contributed by atoms with Crippen LogP contribution in [0.4, 0.5) is 4.79 Å². The Labute approximate surface area is 112 Å². The number of hydrogen-bond donors (Lipinski definition) is 1. The van der Waals surface area contributed by atoms with E-state index in [0.717, 1.165) is 0 Å². The Balaban J connectivity index is 2.05. The first-order valence-electron chi connectivity index (χ1n) is 6.59. The number of urea groups is 1. The van der Waals surface area contributed by atoms with Gasteiger partial charge < -0.3 is 24.4 Å². The molecule has 2 rings (SSSR count). The molecule has 2 heterocycles. The minimum Gasteiger partial charge on any atom is -0.481 e. The van der Waals surface area contributed by atoms with Gasteiger partial charge in [0.05, 0.1) is 32.5 Å². The number of aliphatic carboxylic acids is 1. The van der Waals surface area contributed by atoms with Gasteiger partial charge in [-0.3, -0.25) is 4.79 Å². The molecule has 0 bridgehead atoms. The molecule has 0 aromatic rings. The van der Waals surface area contributed by atoms with Crippen molar-refractivity contribution < 1.29 is 24.2 Å². The number of morpholine rings is 1. The molecule has 0 aromatic carbocycles. The smallest absolute Gasteiger partial charge is 0.320 e. The molecule has 1 N–H and O–H groups in total. The number of hydrogen-bond acceptors (Lipinski definition) is 4. The quantitative estimate of drug-likeness (QED) is 0.773. The molecule has 7 heteroatoms. The van der Waals surface area contributed by atoms with Gasteiger partial charge >= 0.3 is 12.0 Å². The van der Waals surface area contributed by atoms with Crippen LogP contribution in [-0.4, -0.2) is 79.0 Å². The standard InChI is InChI=1S/C12H20N2O5/c1-2-14(10-8-19-7-9(10)11(15)16)12(17)13-3-5-18-6-4-13/h9-10H,2-8H2,1H3,(H,15,16). The Morgan fingerprint density at radius 2 is 1.95 bits per heavy atom. The molecule has 0 spiro atoms. The van der Waals surface area contributed by atoms with Crippen molar-refractivity contribution in [2.24, 2.45) is 5.92 Å². The number of likely N-dealkylation sites (N-methyl/N-ethyl adjacent to an activating group) is 1. The molecule has 2 saturated heterocycles. The molecule has 2 amide bonds. The van der Waals surface area contributed by atoms with Crippen LogP contribution >= 0.6 is 0 Å². The fourth-order valence-corrected chi connectivity index (χ4v) is 2.53. The molecule has 2 unspecified atom stereocenters. The summed E-state index contributed by atoms with van der Waals surface area (Å²) < 4.78 is 10.5. The Morgan fingerprint density at radius 3 is 2.53 bits per heavy atom. The third kappa shape index (κ3) is 2.98. The first kappa shape index (κ1) is 14.1. The number of rotatable bonds is 3. The zero-order valence-corrected chi connectivity index (χ0v) is 11.1. The number of amides is 2. The maximum absolute atomic E-state index is 12.4. The SMILES string of the molecule is CCN(C(=O)N1CCOCC1)C1COCC1C(=O)O. The molecular weight excluding hydrogens is 252 g/mol. The lowest BCUT2D eigenvalue weighted by molar-refractivity contribution is -0.142. The maximum atomic E-state index is 12.4. The molecule has 0 aromatic heterocycles. The Bertz CT molecular complexity index is 343. The van der Waals surface area contributed by atoms with Crippen LogP contribution in [-0.2, 0) is 14.3 Å². The van der Waals surface area contributed by atoms with Crippen LogP contribution < -0.4 is 0 Å². The van der Waals surface area contributed by atoms with E-state index in [0.29, 0.717) is 39.5 Å². The van der Waals surface area contributed by atoms with E-state index in [2.05, 4.69) is 0 Å². The predicted molar refractivity (Wildman–Crippen MR) is 65.9 cm³/mol. The zero-order chi connectivity index (χ0) is 13.8. The highest BCUT2D eigenvalue weighted by atomic mass is 16.5. The van der Waals surface area contributed by atoms with Gasteiger partial charge in [-0.2, -0.15) is 0 Å². The van der Waals surface area contributed by atoms with E-state index >= 15 is 0 Å². The van der Waals surface area contributed by atoms with Gasteiger partial charge in [-0.15, -0.1) is 0 Å². The number of carboxylic acid groups (broad SMARTS) is 1. The summed E-state index contributed by atoms with van der Waals surface area (Å²) in [4.78, 5) is 26.9. The second-order valence-electron chi connectivity index (χ2n) is 4.72. The van der Waals surface area contributed by atoms with Crippen molar-refractivity contribution in [3.8, 4) is 0 Å². The summed E-state index contributed by atoms with van der Waals surface area (Å²) in [6.07, 6.45) is 0. The molecular formula is C12H20N2O5. The second-order valence-corrected chi connectivity index (χ2v) is 4.72. The van der Waals surface area contributed by atoms with Gasteiger partial charge in [0, 0.05) is 19.6 Å². The minimum atomic E-state index is -0.907. The molecule has 2 fully saturated rings. The summed E-state index contributed by atoms with van der Waals surface area (Å²) in [5.41, 5.74) is 0. The fraction of sp³-hybridized carbons (Fsp3) is 0.833. The van der Waals surface area contributed by atoms with Crippen molar-refractivity contribution in [2.75, 3.05) is 46.1 Å². The van der Waals surface area contributed by atoms with Crippen molar-refractivity contribution in [3.63, 3.8) is 0 Å².